The fraction of sp³-hybridized carbons (Fsp3) is 0.714. The van der Waals surface area contributed by atoms with E-state index in [2.05, 4.69) is 19.1 Å². The predicted molar refractivity (Wildman–Crippen MR) is 88.7 cm³/mol. The van der Waals surface area contributed by atoms with Gasteiger partial charge in [0.15, 0.2) is 5.78 Å². The van der Waals surface area contributed by atoms with E-state index in [0.29, 0.717) is 29.3 Å². The van der Waals surface area contributed by atoms with Gasteiger partial charge in [-0.05, 0) is 73.3 Å². The first-order valence-corrected chi connectivity index (χ1v) is 9.52. The minimum atomic E-state index is -0.0675. The molecular formula is C21H26O2. The van der Waals surface area contributed by atoms with E-state index >= 15 is 0 Å². The van der Waals surface area contributed by atoms with Gasteiger partial charge in [-0.2, -0.15) is 0 Å². The van der Waals surface area contributed by atoms with Crippen molar-refractivity contribution in [2.75, 3.05) is 0 Å². The Morgan fingerprint density at radius 1 is 1.09 bits per heavy atom. The molecule has 2 nitrogen and oxygen atoms in total. The molecule has 0 heterocycles. The van der Waals surface area contributed by atoms with E-state index in [1.54, 1.807) is 0 Å². The Morgan fingerprint density at radius 3 is 2.83 bits per heavy atom. The van der Waals surface area contributed by atoms with Crippen LogP contribution in [-0.4, -0.2) is 11.6 Å². The van der Waals surface area contributed by atoms with Gasteiger partial charge in [-0.1, -0.05) is 25.5 Å². The first-order valence-electron chi connectivity index (χ1n) is 9.52. The van der Waals surface area contributed by atoms with Crippen molar-refractivity contribution in [3.8, 4) is 0 Å². The highest BCUT2D eigenvalue weighted by Gasteiger charge is 2.60. The van der Waals surface area contributed by atoms with Gasteiger partial charge in [0.25, 0.3) is 0 Å². The van der Waals surface area contributed by atoms with Gasteiger partial charge in [0.1, 0.15) is 5.78 Å². The fourth-order valence-electron chi connectivity index (χ4n) is 7.09. The van der Waals surface area contributed by atoms with Crippen molar-refractivity contribution in [1.29, 1.82) is 0 Å². The molecule has 0 saturated heterocycles. The molecule has 0 aliphatic heterocycles. The van der Waals surface area contributed by atoms with Crippen molar-refractivity contribution in [1.82, 2.24) is 0 Å². The molecule has 122 valence electrons. The van der Waals surface area contributed by atoms with Crippen molar-refractivity contribution < 1.29 is 9.59 Å². The number of rotatable bonds is 0. The Kier molecular flexibility index (Phi) is 2.75. The molecule has 0 aromatic heterocycles. The van der Waals surface area contributed by atoms with Crippen LogP contribution in [0.25, 0.3) is 0 Å². The van der Waals surface area contributed by atoms with Crippen molar-refractivity contribution in [2.45, 2.75) is 58.3 Å². The van der Waals surface area contributed by atoms with Crippen LogP contribution >= 0.6 is 0 Å². The smallest absolute Gasteiger partial charge is 0.159 e. The fourth-order valence-corrected chi connectivity index (χ4v) is 7.09. The molecule has 0 aromatic carbocycles. The van der Waals surface area contributed by atoms with Gasteiger partial charge in [0.05, 0.1) is 0 Å². The normalized spacial score (nSPS) is 50.9. The summed E-state index contributed by atoms with van der Waals surface area (Å²) in [5.74, 6) is 2.92. The lowest BCUT2D eigenvalue weighted by Crippen LogP contribution is -2.52. The summed E-state index contributed by atoms with van der Waals surface area (Å²) in [6.45, 7) is 2.23. The lowest BCUT2D eigenvalue weighted by Gasteiger charge is -2.58. The molecule has 3 saturated carbocycles. The zero-order valence-corrected chi connectivity index (χ0v) is 14.0. The molecule has 0 amide bonds. The van der Waals surface area contributed by atoms with E-state index in [1.807, 2.05) is 6.08 Å². The second-order valence-electron chi connectivity index (χ2n) is 9.02. The lowest BCUT2D eigenvalue weighted by molar-refractivity contribution is -0.131. The average molecular weight is 310 g/mol. The summed E-state index contributed by atoms with van der Waals surface area (Å²) >= 11 is 0. The van der Waals surface area contributed by atoms with Gasteiger partial charge in [0.2, 0.25) is 0 Å². The molecule has 5 aliphatic rings. The Bertz CT molecular complexity index is 657. The van der Waals surface area contributed by atoms with E-state index in [0.717, 1.165) is 32.1 Å². The van der Waals surface area contributed by atoms with E-state index in [9.17, 15) is 9.59 Å². The molecule has 0 aromatic rings. The quantitative estimate of drug-likeness (QED) is 0.670. The van der Waals surface area contributed by atoms with Crippen molar-refractivity contribution >= 4 is 11.6 Å². The largest absolute Gasteiger partial charge is 0.299 e. The standard InChI is InChI=1S/C21H26O2/c1-20-10-8-17-15(16(20)6-7-19(20)23)5-4-14-11-18(22)13-3-2-9-21(14,17)12-13/h4-5,11,13,15-17H,2-3,6-10,12H2,1H3/t13?,15-,16-,17-,20-,21-/m0/s1. The first kappa shape index (κ1) is 14.2. The van der Waals surface area contributed by atoms with Crippen LogP contribution in [0.4, 0.5) is 0 Å². The maximum Gasteiger partial charge on any atom is 0.159 e. The molecule has 3 fully saturated rings. The second kappa shape index (κ2) is 4.46. The molecule has 5 aliphatic carbocycles. The molecule has 2 bridgehead atoms. The zero-order chi connectivity index (χ0) is 15.8. The van der Waals surface area contributed by atoms with Crippen LogP contribution in [-0.2, 0) is 9.59 Å². The minimum absolute atomic E-state index is 0.0675. The Balaban J connectivity index is 1.61. The summed E-state index contributed by atoms with van der Waals surface area (Å²) in [4.78, 5) is 24.8. The van der Waals surface area contributed by atoms with Crippen LogP contribution in [0.3, 0.4) is 0 Å². The number of carbonyl (C=O) groups excluding carboxylic acids is 2. The molecule has 0 radical (unpaired) electrons. The van der Waals surface area contributed by atoms with Gasteiger partial charge in [0, 0.05) is 17.8 Å². The molecule has 1 unspecified atom stereocenters. The van der Waals surface area contributed by atoms with Crippen LogP contribution in [0.1, 0.15) is 58.3 Å². The van der Waals surface area contributed by atoms with Crippen molar-refractivity contribution in [3.63, 3.8) is 0 Å². The molecule has 23 heavy (non-hydrogen) atoms. The van der Waals surface area contributed by atoms with Gasteiger partial charge < -0.3 is 0 Å². The summed E-state index contributed by atoms with van der Waals surface area (Å²) in [5, 5.41) is 0. The number of ketones is 2. The van der Waals surface area contributed by atoms with Crippen LogP contribution in [0.5, 0.6) is 0 Å². The Morgan fingerprint density at radius 2 is 1.96 bits per heavy atom. The number of fused-ring (bicyclic) bond motifs is 4. The van der Waals surface area contributed by atoms with E-state index in [4.69, 9.17) is 0 Å². The van der Waals surface area contributed by atoms with E-state index in [-0.39, 0.29) is 16.7 Å². The monoisotopic (exact) mass is 310 g/mol. The average Bonchev–Trinajstić information content (AvgIpc) is 2.85. The number of allylic oxidation sites excluding steroid dienone is 4. The van der Waals surface area contributed by atoms with Gasteiger partial charge in [-0.25, -0.2) is 0 Å². The third-order valence-electron chi connectivity index (χ3n) is 8.31. The molecule has 2 heteroatoms. The van der Waals surface area contributed by atoms with Crippen LogP contribution in [0.2, 0.25) is 0 Å². The molecule has 0 N–H and O–H groups in total. The third kappa shape index (κ3) is 1.65. The maximum absolute atomic E-state index is 12.5. The topological polar surface area (TPSA) is 34.1 Å². The second-order valence-corrected chi connectivity index (χ2v) is 9.02. The molecule has 5 rings (SSSR count). The number of hydrogen-bond acceptors (Lipinski definition) is 2. The summed E-state index contributed by atoms with van der Waals surface area (Å²) in [7, 11) is 0. The maximum atomic E-state index is 12.5. The SMILES string of the molecule is C[C@]12CC[C@H]3[C@@H](C=CC4=CC(=O)C5CCC[C@]43C5)[C@@H]1CCC2=O. The highest BCUT2D eigenvalue weighted by Crippen LogP contribution is 2.65. The van der Waals surface area contributed by atoms with Crippen molar-refractivity contribution in [3.05, 3.63) is 23.8 Å². The lowest BCUT2D eigenvalue weighted by atomic mass is 9.45. The summed E-state index contributed by atoms with van der Waals surface area (Å²) in [6.07, 6.45) is 15.4. The molecule has 6 atom stereocenters. The van der Waals surface area contributed by atoms with E-state index < -0.39 is 0 Å². The Labute approximate surface area is 138 Å². The summed E-state index contributed by atoms with van der Waals surface area (Å²) in [6, 6.07) is 0. The molecular weight excluding hydrogens is 284 g/mol. The number of hydrogen-bond donors (Lipinski definition) is 0. The van der Waals surface area contributed by atoms with E-state index in [1.165, 1.54) is 24.8 Å². The zero-order valence-electron chi connectivity index (χ0n) is 14.0. The minimum Gasteiger partial charge on any atom is -0.299 e. The van der Waals surface area contributed by atoms with Crippen LogP contribution in [0, 0.1) is 34.5 Å². The van der Waals surface area contributed by atoms with Crippen LogP contribution < -0.4 is 0 Å². The third-order valence-corrected chi connectivity index (χ3v) is 8.31. The number of Topliss-reactive ketones (excluding diaryl/α,β-unsaturated/α-hetero) is 1. The highest BCUT2D eigenvalue weighted by atomic mass is 16.1. The van der Waals surface area contributed by atoms with Gasteiger partial charge in [-0.15, -0.1) is 0 Å². The summed E-state index contributed by atoms with van der Waals surface area (Å²) < 4.78 is 0. The molecule has 1 spiro atoms. The first-order chi connectivity index (χ1) is 11.0. The Hall–Kier alpha value is -1.18. The van der Waals surface area contributed by atoms with Crippen LogP contribution in [0.15, 0.2) is 23.8 Å². The van der Waals surface area contributed by atoms with Crippen molar-refractivity contribution in [2.24, 2.45) is 34.5 Å². The van der Waals surface area contributed by atoms with Gasteiger partial charge >= 0.3 is 0 Å². The summed E-state index contributed by atoms with van der Waals surface area (Å²) in [5.41, 5.74) is 1.51. The number of carbonyl (C=O) groups is 2. The highest BCUT2D eigenvalue weighted by molar-refractivity contribution is 5.94. The predicted octanol–water partition coefficient (Wildman–Crippen LogP) is 4.25. The van der Waals surface area contributed by atoms with Gasteiger partial charge in [-0.3, -0.25) is 9.59 Å².